The predicted octanol–water partition coefficient (Wildman–Crippen LogP) is -7.01. The van der Waals surface area contributed by atoms with Crippen molar-refractivity contribution in [2.24, 2.45) is 0 Å². The number of ether oxygens (including phenoxy) is 4. The van der Waals surface area contributed by atoms with Crippen LogP contribution >= 0.6 is 0 Å². The van der Waals surface area contributed by atoms with Crippen LogP contribution in [0, 0.1) is 0 Å². The molecule has 3 fully saturated rings. The second-order valence-corrected chi connectivity index (χ2v) is 9.91. The Bertz CT molecular complexity index is 643. The Balaban J connectivity index is 1.68. The summed E-state index contributed by atoms with van der Waals surface area (Å²) in [6, 6.07) is -1.32. The van der Waals surface area contributed by atoms with Crippen molar-refractivity contribution in [1.82, 2.24) is 0 Å². The molecular weight excluding hydrogens is 442 g/mol. The number of nitrogens with two attached hydrogens (primary N) is 1. The van der Waals surface area contributed by atoms with Gasteiger partial charge in [0.2, 0.25) is 0 Å². The maximum absolute atomic E-state index is 11.0. The van der Waals surface area contributed by atoms with Crippen molar-refractivity contribution in [1.29, 1.82) is 0 Å². The molecule has 0 spiro atoms. The number of hydrogen-bond acceptors (Lipinski definition) is 10. The molecule has 2 aliphatic heterocycles. The van der Waals surface area contributed by atoms with Gasteiger partial charge in [-0.15, -0.1) is 0 Å². The molecule has 0 aromatic rings. The lowest BCUT2D eigenvalue weighted by Gasteiger charge is -2.46. The normalized spacial score (nSPS) is 52.5. The van der Waals surface area contributed by atoms with E-state index in [1.165, 1.54) is 0 Å². The lowest BCUT2D eigenvalue weighted by molar-refractivity contribution is -0.695. The molecular formula is C20H42N3O10+3. The number of aliphatic hydroxyl groups excluding tert-OH is 5. The molecule has 14 atom stereocenters. The zero-order valence-corrected chi connectivity index (χ0v) is 19.4. The van der Waals surface area contributed by atoms with Crippen LogP contribution in [0.2, 0.25) is 0 Å². The maximum Gasteiger partial charge on any atom is 0.190 e. The summed E-state index contributed by atoms with van der Waals surface area (Å²) in [6.45, 7) is 3.22. The summed E-state index contributed by atoms with van der Waals surface area (Å²) < 4.78 is 23.0. The van der Waals surface area contributed by atoms with Crippen molar-refractivity contribution in [3.63, 3.8) is 0 Å². The van der Waals surface area contributed by atoms with Gasteiger partial charge in [-0.2, -0.15) is 0 Å². The van der Waals surface area contributed by atoms with Gasteiger partial charge in [-0.25, -0.2) is 0 Å². The molecule has 13 heteroatoms. The van der Waals surface area contributed by atoms with Crippen molar-refractivity contribution in [2.45, 2.75) is 112 Å². The second-order valence-electron chi connectivity index (χ2n) is 9.91. The van der Waals surface area contributed by atoms with E-state index in [0.717, 1.165) is 0 Å². The van der Waals surface area contributed by atoms with Crippen molar-refractivity contribution < 1.29 is 66.4 Å². The molecule has 194 valence electrons. The van der Waals surface area contributed by atoms with E-state index in [-0.39, 0.29) is 12.6 Å². The van der Waals surface area contributed by atoms with Crippen LogP contribution in [0.5, 0.6) is 0 Å². The first-order chi connectivity index (χ1) is 15.4. The SMILES string of the molecule is C[NH2+][C@@H]1[C@@H](O)[C@@H](O[C@@H]2[C@@H](O)[C@H](O[C@H]3O[C@H](C(C)[NH3+])[C@@H](O)[C@H](O)[C@H]3O)CC[C@H]2[NH3+])OC[C@]1(C)O. The minimum absolute atomic E-state index is 0.0543. The zero-order valence-electron chi connectivity index (χ0n) is 19.4. The first kappa shape index (κ1) is 27.1. The Morgan fingerprint density at radius 3 is 2.24 bits per heavy atom. The summed E-state index contributed by atoms with van der Waals surface area (Å²) >= 11 is 0. The van der Waals surface area contributed by atoms with Crippen LogP contribution in [0.4, 0.5) is 0 Å². The molecule has 0 aromatic heterocycles. The third kappa shape index (κ3) is 5.51. The van der Waals surface area contributed by atoms with Crippen molar-refractivity contribution in [3.8, 4) is 0 Å². The molecule has 3 rings (SSSR count). The van der Waals surface area contributed by atoms with Crippen molar-refractivity contribution >= 4 is 0 Å². The number of aliphatic hydroxyl groups is 6. The monoisotopic (exact) mass is 484 g/mol. The van der Waals surface area contributed by atoms with Crippen LogP contribution in [0.1, 0.15) is 26.7 Å². The van der Waals surface area contributed by atoms with Gasteiger partial charge >= 0.3 is 0 Å². The third-order valence-electron chi connectivity index (χ3n) is 7.04. The molecule has 2 saturated heterocycles. The highest BCUT2D eigenvalue weighted by molar-refractivity contribution is 4.96. The first-order valence-corrected chi connectivity index (χ1v) is 11.5. The molecule has 13 nitrogen and oxygen atoms in total. The Morgan fingerprint density at radius 2 is 1.64 bits per heavy atom. The lowest BCUT2D eigenvalue weighted by Crippen LogP contribution is -2.96. The Hall–Kier alpha value is -0.520. The van der Waals surface area contributed by atoms with E-state index >= 15 is 0 Å². The van der Waals surface area contributed by atoms with E-state index in [1.807, 2.05) is 0 Å². The topological polar surface area (TPSA) is 230 Å². The van der Waals surface area contributed by atoms with Gasteiger partial charge in [0, 0.05) is 6.42 Å². The summed E-state index contributed by atoms with van der Waals surface area (Å²) in [4.78, 5) is 0. The second kappa shape index (κ2) is 10.6. The molecule has 1 aliphatic carbocycles. The summed E-state index contributed by atoms with van der Waals surface area (Å²) in [7, 11) is 1.73. The zero-order chi connectivity index (χ0) is 24.7. The van der Waals surface area contributed by atoms with Gasteiger partial charge < -0.3 is 66.4 Å². The van der Waals surface area contributed by atoms with Crippen LogP contribution in [0.15, 0.2) is 0 Å². The maximum atomic E-state index is 11.0. The number of rotatable bonds is 6. The summed E-state index contributed by atoms with van der Waals surface area (Å²) in [5, 5.41) is 64.5. The standard InChI is InChI=1S/C20H39N3O10/c1-7(21)15-12(26)11(25)13(27)19(32-15)31-9-5-4-8(22)16(10(9)24)33-18-14(28)17(23-3)20(2,29)6-30-18/h7-19,23-29H,4-6,21-22H2,1-3H3/p+3/t7?,8-,9-,10+,11+,12+,13-,14-,15-,16+,17-,18-,19+,20+/m1/s1. The van der Waals surface area contributed by atoms with Crippen LogP contribution in [0.25, 0.3) is 0 Å². The number of quaternary nitrogens is 3. The fraction of sp³-hybridized carbons (Fsp3) is 1.00. The Morgan fingerprint density at radius 1 is 0.970 bits per heavy atom. The van der Waals surface area contributed by atoms with Gasteiger partial charge in [0.15, 0.2) is 18.7 Å². The highest BCUT2D eigenvalue weighted by Crippen LogP contribution is 2.31. The van der Waals surface area contributed by atoms with Crippen molar-refractivity contribution in [3.05, 3.63) is 0 Å². The number of likely N-dealkylation sites (N-methyl/N-ethyl adjacent to an activating group) is 1. The van der Waals surface area contributed by atoms with Crippen LogP contribution in [-0.4, -0.2) is 129 Å². The van der Waals surface area contributed by atoms with Crippen LogP contribution < -0.4 is 16.8 Å². The molecule has 1 saturated carbocycles. The summed E-state index contributed by atoms with van der Waals surface area (Å²) in [5.74, 6) is 0. The van der Waals surface area contributed by atoms with Gasteiger partial charge in [0.1, 0.15) is 60.4 Å². The summed E-state index contributed by atoms with van der Waals surface area (Å²) in [6.07, 6.45) is -10.7. The van der Waals surface area contributed by atoms with E-state index in [2.05, 4.69) is 11.5 Å². The van der Waals surface area contributed by atoms with Gasteiger partial charge in [-0.05, 0) is 20.3 Å². The summed E-state index contributed by atoms with van der Waals surface area (Å²) in [5.41, 5.74) is 6.61. The average molecular weight is 485 g/mol. The van der Waals surface area contributed by atoms with E-state index in [4.69, 9.17) is 18.9 Å². The van der Waals surface area contributed by atoms with Crippen molar-refractivity contribution in [2.75, 3.05) is 13.7 Å². The lowest BCUT2D eigenvalue weighted by atomic mass is 9.87. The van der Waals surface area contributed by atoms with Crippen LogP contribution in [0.3, 0.4) is 0 Å². The molecule has 2 heterocycles. The molecule has 0 radical (unpaired) electrons. The largest absolute Gasteiger partial charge is 0.387 e. The van der Waals surface area contributed by atoms with Gasteiger partial charge in [-0.3, -0.25) is 0 Å². The van der Waals surface area contributed by atoms with E-state index in [9.17, 15) is 30.6 Å². The highest BCUT2D eigenvalue weighted by atomic mass is 16.7. The molecule has 33 heavy (non-hydrogen) atoms. The minimum atomic E-state index is -1.52. The molecule has 1 unspecified atom stereocenters. The quantitative estimate of drug-likeness (QED) is 0.173. The minimum Gasteiger partial charge on any atom is -0.387 e. The fourth-order valence-electron chi connectivity index (χ4n) is 4.99. The van der Waals surface area contributed by atoms with E-state index in [1.54, 1.807) is 26.2 Å². The van der Waals surface area contributed by atoms with Gasteiger partial charge in [0.05, 0.1) is 19.8 Å². The Labute approximate surface area is 192 Å². The van der Waals surface area contributed by atoms with E-state index in [0.29, 0.717) is 12.8 Å². The molecule has 14 N–H and O–H groups in total. The molecule has 0 bridgehead atoms. The Kier molecular flexibility index (Phi) is 8.71. The molecule has 0 amide bonds. The number of hydrogen-bond donors (Lipinski definition) is 9. The van der Waals surface area contributed by atoms with E-state index < -0.39 is 79.1 Å². The van der Waals surface area contributed by atoms with Gasteiger partial charge in [0.25, 0.3) is 0 Å². The third-order valence-corrected chi connectivity index (χ3v) is 7.04. The highest BCUT2D eigenvalue weighted by Gasteiger charge is 2.53. The first-order valence-electron chi connectivity index (χ1n) is 11.5. The molecule has 3 aliphatic rings. The fourth-order valence-corrected chi connectivity index (χ4v) is 4.99. The average Bonchev–Trinajstić information content (AvgIpc) is 2.74. The van der Waals surface area contributed by atoms with Gasteiger partial charge in [-0.1, -0.05) is 0 Å². The predicted molar refractivity (Wildman–Crippen MR) is 109 cm³/mol. The van der Waals surface area contributed by atoms with Crippen LogP contribution in [-0.2, 0) is 18.9 Å². The smallest absolute Gasteiger partial charge is 0.190 e. The molecule has 0 aromatic carbocycles.